The van der Waals surface area contributed by atoms with Crippen molar-refractivity contribution in [3.8, 4) is 0 Å². The van der Waals surface area contributed by atoms with Crippen LogP contribution in [0, 0.1) is 6.92 Å². The predicted molar refractivity (Wildman–Crippen MR) is 90.8 cm³/mol. The zero-order valence-electron chi connectivity index (χ0n) is 13.3. The highest BCUT2D eigenvalue weighted by molar-refractivity contribution is 8.00. The van der Waals surface area contributed by atoms with Gasteiger partial charge in [0.25, 0.3) is 0 Å². The molecule has 124 valence electrons. The van der Waals surface area contributed by atoms with Crippen molar-refractivity contribution in [3.63, 3.8) is 0 Å². The quantitative estimate of drug-likeness (QED) is 0.693. The van der Waals surface area contributed by atoms with Crippen molar-refractivity contribution in [1.82, 2.24) is 20.2 Å². The summed E-state index contributed by atoms with van der Waals surface area (Å²) in [5.41, 5.74) is 1.87. The Balaban J connectivity index is 1.63. The maximum Gasteiger partial charge on any atom is 0.237 e. The molecule has 0 saturated heterocycles. The minimum Gasteiger partial charge on any atom is -0.467 e. The molecule has 0 radical (unpaired) electrons. The van der Waals surface area contributed by atoms with E-state index >= 15 is 0 Å². The van der Waals surface area contributed by atoms with E-state index < -0.39 is 0 Å². The summed E-state index contributed by atoms with van der Waals surface area (Å²) in [5, 5.41) is 14.7. The molecule has 0 aliphatic heterocycles. The van der Waals surface area contributed by atoms with Crippen LogP contribution in [0.25, 0.3) is 0 Å². The molecule has 0 saturated carbocycles. The Morgan fingerprint density at radius 2 is 2.25 bits per heavy atom. The van der Waals surface area contributed by atoms with Crippen LogP contribution in [0.2, 0.25) is 0 Å². The summed E-state index contributed by atoms with van der Waals surface area (Å²) in [6.45, 7) is 4.23. The first kappa shape index (κ1) is 16.3. The lowest BCUT2D eigenvalue weighted by Crippen LogP contribution is -2.23. The number of benzene rings is 1. The summed E-state index contributed by atoms with van der Waals surface area (Å²) in [6.07, 6.45) is 1.60. The first-order valence-corrected chi connectivity index (χ1v) is 8.32. The van der Waals surface area contributed by atoms with E-state index in [4.69, 9.17) is 4.42 Å². The number of aromatic nitrogens is 4. The van der Waals surface area contributed by atoms with Crippen molar-refractivity contribution in [1.29, 1.82) is 0 Å². The zero-order chi connectivity index (χ0) is 16.9. The van der Waals surface area contributed by atoms with Gasteiger partial charge < -0.3 is 9.73 Å². The van der Waals surface area contributed by atoms with Crippen LogP contribution in [0.15, 0.2) is 52.2 Å². The molecule has 7 nitrogen and oxygen atoms in total. The molecule has 1 amide bonds. The molecule has 0 aliphatic carbocycles. The van der Waals surface area contributed by atoms with Crippen LogP contribution in [-0.4, -0.2) is 31.4 Å². The second-order valence-corrected chi connectivity index (χ2v) is 6.63. The molecule has 3 aromatic rings. The normalized spacial score (nSPS) is 12.1. The molecule has 8 heteroatoms. The topological polar surface area (TPSA) is 85.8 Å². The smallest absolute Gasteiger partial charge is 0.237 e. The molecule has 0 fully saturated rings. The Hall–Kier alpha value is -2.61. The monoisotopic (exact) mass is 343 g/mol. The van der Waals surface area contributed by atoms with Crippen LogP contribution >= 0.6 is 11.8 Å². The average Bonchev–Trinajstić information content (AvgIpc) is 3.20. The zero-order valence-corrected chi connectivity index (χ0v) is 14.2. The number of thioether (sulfide) groups is 1. The second-order valence-electron chi connectivity index (χ2n) is 5.32. The largest absolute Gasteiger partial charge is 0.467 e. The van der Waals surface area contributed by atoms with Gasteiger partial charge in [0.05, 0.1) is 11.5 Å². The van der Waals surface area contributed by atoms with E-state index in [2.05, 4.69) is 20.8 Å². The number of nitrogens with one attached hydrogen (secondary N) is 1. The lowest BCUT2D eigenvalue weighted by molar-refractivity contribution is -0.115. The van der Waals surface area contributed by atoms with E-state index in [9.17, 15) is 4.79 Å². The number of amides is 1. The molecule has 24 heavy (non-hydrogen) atoms. The summed E-state index contributed by atoms with van der Waals surface area (Å²) in [4.78, 5) is 12.3. The molecule has 1 N–H and O–H groups in total. The lowest BCUT2D eigenvalue weighted by atomic mass is 10.2. The van der Waals surface area contributed by atoms with Gasteiger partial charge in [-0.05, 0) is 54.1 Å². The molecular weight excluding hydrogens is 326 g/mol. The Morgan fingerprint density at radius 1 is 1.38 bits per heavy atom. The molecule has 3 rings (SSSR count). The summed E-state index contributed by atoms with van der Waals surface area (Å²) < 4.78 is 6.91. The van der Waals surface area contributed by atoms with Gasteiger partial charge in [0, 0.05) is 5.69 Å². The van der Waals surface area contributed by atoms with Gasteiger partial charge in [-0.25, -0.2) is 4.68 Å². The van der Waals surface area contributed by atoms with Crippen molar-refractivity contribution >= 4 is 23.4 Å². The van der Waals surface area contributed by atoms with Crippen molar-refractivity contribution in [3.05, 3.63) is 54.0 Å². The number of rotatable bonds is 6. The molecule has 2 aromatic heterocycles. The highest BCUT2D eigenvalue weighted by atomic mass is 32.2. The molecular formula is C16H17N5O2S. The lowest BCUT2D eigenvalue weighted by Gasteiger charge is -2.11. The maximum atomic E-state index is 12.3. The minimum atomic E-state index is -0.341. The molecule has 1 atom stereocenters. The summed E-state index contributed by atoms with van der Waals surface area (Å²) >= 11 is 1.30. The molecule has 2 heterocycles. The number of furan rings is 1. The number of carbonyl (C=O) groups is 1. The van der Waals surface area contributed by atoms with Crippen LogP contribution in [0.1, 0.15) is 18.2 Å². The fourth-order valence-corrected chi connectivity index (χ4v) is 2.90. The van der Waals surface area contributed by atoms with Gasteiger partial charge in [-0.3, -0.25) is 4.79 Å². The minimum absolute atomic E-state index is 0.0989. The second kappa shape index (κ2) is 7.31. The van der Waals surface area contributed by atoms with Crippen LogP contribution in [-0.2, 0) is 11.3 Å². The fraction of sp³-hybridized carbons (Fsp3) is 0.250. The van der Waals surface area contributed by atoms with Crippen molar-refractivity contribution in [2.24, 2.45) is 0 Å². The number of aryl methyl sites for hydroxylation is 1. The van der Waals surface area contributed by atoms with Gasteiger partial charge >= 0.3 is 0 Å². The highest BCUT2D eigenvalue weighted by Gasteiger charge is 2.19. The average molecular weight is 343 g/mol. The molecule has 1 aromatic carbocycles. The number of carbonyl (C=O) groups excluding carboxylic acids is 1. The number of nitrogens with zero attached hydrogens (tertiary/aromatic N) is 4. The summed E-state index contributed by atoms with van der Waals surface area (Å²) in [7, 11) is 0. The third-order valence-electron chi connectivity index (χ3n) is 3.32. The molecule has 0 bridgehead atoms. The standard InChI is InChI=1S/C16H17N5O2S/c1-11-5-3-6-13(9-11)17-15(22)12(2)24-16-18-19-20-21(16)10-14-7-4-8-23-14/h3-9,12H,10H2,1-2H3,(H,17,22). The van der Waals surface area contributed by atoms with E-state index in [-0.39, 0.29) is 11.2 Å². The maximum absolute atomic E-state index is 12.3. The van der Waals surface area contributed by atoms with Crippen molar-refractivity contribution in [2.45, 2.75) is 30.8 Å². The van der Waals surface area contributed by atoms with Crippen LogP contribution < -0.4 is 5.32 Å². The summed E-state index contributed by atoms with van der Waals surface area (Å²) in [5.74, 6) is 0.652. The third kappa shape index (κ3) is 4.02. The number of hydrogen-bond acceptors (Lipinski definition) is 6. The van der Waals surface area contributed by atoms with Crippen molar-refractivity contribution < 1.29 is 9.21 Å². The Kier molecular flexibility index (Phi) is 4.95. The molecule has 1 unspecified atom stereocenters. The van der Waals surface area contributed by atoms with Gasteiger partial charge in [-0.1, -0.05) is 23.9 Å². The van der Waals surface area contributed by atoms with Crippen LogP contribution in [0.4, 0.5) is 5.69 Å². The van der Waals surface area contributed by atoms with Gasteiger partial charge in [0.1, 0.15) is 12.3 Å². The third-order valence-corrected chi connectivity index (χ3v) is 4.39. The van der Waals surface area contributed by atoms with Crippen molar-refractivity contribution in [2.75, 3.05) is 5.32 Å². The molecule has 0 spiro atoms. The first-order valence-electron chi connectivity index (χ1n) is 7.44. The number of anilines is 1. The van der Waals surface area contributed by atoms with Gasteiger partial charge in [0.2, 0.25) is 11.1 Å². The van der Waals surface area contributed by atoms with Gasteiger partial charge in [0.15, 0.2) is 0 Å². The van der Waals surface area contributed by atoms with Gasteiger partial charge in [-0.2, -0.15) is 0 Å². The Morgan fingerprint density at radius 3 is 3.00 bits per heavy atom. The summed E-state index contributed by atoms with van der Waals surface area (Å²) in [6, 6.07) is 11.3. The fourth-order valence-electron chi connectivity index (χ4n) is 2.11. The van der Waals surface area contributed by atoms with E-state index in [1.54, 1.807) is 10.9 Å². The van der Waals surface area contributed by atoms with Gasteiger partial charge in [-0.15, -0.1) is 5.10 Å². The number of tetrazole rings is 1. The SMILES string of the molecule is Cc1cccc(NC(=O)C(C)Sc2nnnn2Cc2ccco2)c1. The predicted octanol–water partition coefficient (Wildman–Crippen LogP) is 2.74. The highest BCUT2D eigenvalue weighted by Crippen LogP contribution is 2.22. The van der Waals surface area contributed by atoms with E-state index in [1.807, 2.05) is 50.2 Å². The Bertz CT molecular complexity index is 816. The Labute approximate surface area is 143 Å². The van der Waals surface area contributed by atoms with Crippen LogP contribution in [0.5, 0.6) is 0 Å². The van der Waals surface area contributed by atoms with E-state index in [0.717, 1.165) is 17.0 Å². The number of hydrogen-bond donors (Lipinski definition) is 1. The first-order chi connectivity index (χ1) is 11.6. The van der Waals surface area contributed by atoms with E-state index in [0.29, 0.717) is 11.7 Å². The van der Waals surface area contributed by atoms with Crippen LogP contribution in [0.3, 0.4) is 0 Å². The van der Waals surface area contributed by atoms with E-state index in [1.165, 1.54) is 11.8 Å². The molecule has 0 aliphatic rings.